The Morgan fingerprint density at radius 2 is 2.16 bits per heavy atom. The van der Waals surface area contributed by atoms with E-state index in [-0.39, 0.29) is 5.54 Å². The Kier molecular flexibility index (Phi) is 5.37. The van der Waals surface area contributed by atoms with E-state index in [9.17, 15) is 0 Å². The second-order valence-electron chi connectivity index (χ2n) is 6.04. The number of piperidine rings is 1. The van der Waals surface area contributed by atoms with Gasteiger partial charge in [0, 0.05) is 31.2 Å². The first-order valence-corrected chi connectivity index (χ1v) is 8.41. The van der Waals surface area contributed by atoms with Crippen LogP contribution in [0.5, 0.6) is 0 Å². The van der Waals surface area contributed by atoms with Crippen LogP contribution in [-0.4, -0.2) is 36.1 Å². The summed E-state index contributed by atoms with van der Waals surface area (Å²) in [5, 5.41) is 7.17. The van der Waals surface area contributed by atoms with E-state index >= 15 is 0 Å². The Labute approximate surface area is 121 Å². The summed E-state index contributed by atoms with van der Waals surface area (Å²) in [7, 11) is 0. The minimum atomic E-state index is 0.137. The van der Waals surface area contributed by atoms with Crippen molar-refractivity contribution in [2.24, 2.45) is 5.92 Å². The summed E-state index contributed by atoms with van der Waals surface area (Å²) >= 11 is 1.80. The predicted molar refractivity (Wildman–Crippen MR) is 82.6 cm³/mol. The number of aromatic nitrogens is 1. The lowest BCUT2D eigenvalue weighted by molar-refractivity contribution is 0.123. The molecule has 1 saturated heterocycles. The first-order valence-electron chi connectivity index (χ1n) is 7.53. The predicted octanol–water partition coefficient (Wildman–Crippen LogP) is 3.09. The molecule has 0 aliphatic carbocycles. The summed E-state index contributed by atoms with van der Waals surface area (Å²) < 4.78 is 0. The molecule has 0 aromatic carbocycles. The standard InChI is InChI=1S/C15H27N3S/c1-4-7-17-15(14-16-8-11-19-14)5-9-18(10-6-15)12-13(2)3/h8,11,13,17H,4-7,9-10,12H2,1-3H3. The van der Waals surface area contributed by atoms with Crippen LogP contribution in [0, 0.1) is 5.92 Å². The quantitative estimate of drug-likeness (QED) is 0.868. The Morgan fingerprint density at radius 3 is 2.68 bits per heavy atom. The number of hydrogen-bond donors (Lipinski definition) is 1. The lowest BCUT2D eigenvalue weighted by Crippen LogP contribution is -2.51. The second-order valence-corrected chi connectivity index (χ2v) is 6.94. The number of nitrogens with zero attached hydrogens (tertiary/aromatic N) is 2. The van der Waals surface area contributed by atoms with E-state index < -0.39 is 0 Å². The minimum absolute atomic E-state index is 0.137. The average molecular weight is 281 g/mol. The Hall–Kier alpha value is -0.450. The fourth-order valence-electron chi connectivity index (χ4n) is 2.92. The topological polar surface area (TPSA) is 28.2 Å². The van der Waals surface area contributed by atoms with Gasteiger partial charge in [-0.1, -0.05) is 20.8 Å². The van der Waals surface area contributed by atoms with Gasteiger partial charge in [0.25, 0.3) is 0 Å². The third-order valence-electron chi connectivity index (χ3n) is 3.89. The molecule has 2 heterocycles. The van der Waals surface area contributed by atoms with Crippen molar-refractivity contribution in [1.29, 1.82) is 0 Å². The van der Waals surface area contributed by atoms with Crippen molar-refractivity contribution in [3.8, 4) is 0 Å². The van der Waals surface area contributed by atoms with E-state index in [1.807, 2.05) is 6.20 Å². The van der Waals surface area contributed by atoms with Gasteiger partial charge in [-0.25, -0.2) is 4.98 Å². The SMILES string of the molecule is CCCNC1(c2nccs2)CCN(CC(C)C)CC1. The summed E-state index contributed by atoms with van der Waals surface area (Å²) in [5.41, 5.74) is 0.137. The zero-order valence-corrected chi connectivity index (χ0v) is 13.3. The van der Waals surface area contributed by atoms with Crippen LogP contribution in [0.1, 0.15) is 45.0 Å². The molecule has 0 radical (unpaired) electrons. The Morgan fingerprint density at radius 1 is 1.42 bits per heavy atom. The summed E-state index contributed by atoms with van der Waals surface area (Å²) in [6.07, 6.45) is 5.50. The van der Waals surface area contributed by atoms with Crippen LogP contribution in [0.25, 0.3) is 0 Å². The summed E-state index contributed by atoms with van der Waals surface area (Å²) in [5.74, 6) is 0.760. The summed E-state index contributed by atoms with van der Waals surface area (Å²) in [6, 6.07) is 0. The lowest BCUT2D eigenvalue weighted by atomic mass is 9.87. The van der Waals surface area contributed by atoms with Crippen molar-refractivity contribution in [2.45, 2.75) is 45.6 Å². The fourth-order valence-corrected chi connectivity index (χ4v) is 3.80. The molecule has 0 spiro atoms. The molecule has 108 valence electrons. The Bertz CT molecular complexity index is 353. The molecular formula is C15H27N3S. The molecule has 1 aromatic heterocycles. The van der Waals surface area contributed by atoms with E-state index in [4.69, 9.17) is 0 Å². The molecule has 1 aromatic rings. The van der Waals surface area contributed by atoms with Crippen molar-refractivity contribution in [1.82, 2.24) is 15.2 Å². The zero-order valence-electron chi connectivity index (χ0n) is 12.5. The fraction of sp³-hybridized carbons (Fsp3) is 0.800. The lowest BCUT2D eigenvalue weighted by Gasteiger charge is -2.42. The van der Waals surface area contributed by atoms with E-state index in [0.717, 1.165) is 12.5 Å². The third-order valence-corrected chi connectivity index (χ3v) is 4.87. The van der Waals surface area contributed by atoms with Crippen LogP contribution in [-0.2, 0) is 5.54 Å². The Balaban J connectivity index is 2.02. The van der Waals surface area contributed by atoms with Crippen LogP contribution in [0.2, 0.25) is 0 Å². The summed E-state index contributed by atoms with van der Waals surface area (Å²) in [4.78, 5) is 7.19. The zero-order chi connectivity index (χ0) is 13.7. The summed E-state index contributed by atoms with van der Waals surface area (Å²) in [6.45, 7) is 11.5. The van der Waals surface area contributed by atoms with E-state index in [1.54, 1.807) is 11.3 Å². The van der Waals surface area contributed by atoms with Crippen molar-refractivity contribution in [2.75, 3.05) is 26.2 Å². The highest BCUT2D eigenvalue weighted by Crippen LogP contribution is 2.34. The molecule has 1 N–H and O–H groups in total. The molecule has 0 saturated carbocycles. The van der Waals surface area contributed by atoms with Crippen LogP contribution in [0.15, 0.2) is 11.6 Å². The van der Waals surface area contributed by atoms with Crippen LogP contribution in [0.4, 0.5) is 0 Å². The number of hydrogen-bond acceptors (Lipinski definition) is 4. The smallest absolute Gasteiger partial charge is 0.113 e. The molecule has 1 fully saturated rings. The molecule has 1 aliphatic rings. The highest BCUT2D eigenvalue weighted by Gasteiger charge is 2.37. The molecule has 1 aliphatic heterocycles. The maximum absolute atomic E-state index is 4.59. The van der Waals surface area contributed by atoms with Gasteiger partial charge in [-0.3, -0.25) is 0 Å². The highest BCUT2D eigenvalue weighted by molar-refractivity contribution is 7.09. The molecule has 0 bridgehead atoms. The van der Waals surface area contributed by atoms with Gasteiger partial charge in [0.2, 0.25) is 0 Å². The van der Waals surface area contributed by atoms with Gasteiger partial charge in [-0.15, -0.1) is 11.3 Å². The first-order chi connectivity index (χ1) is 9.16. The molecular weight excluding hydrogens is 254 g/mol. The maximum Gasteiger partial charge on any atom is 0.113 e. The number of rotatable bonds is 6. The van der Waals surface area contributed by atoms with Crippen molar-refractivity contribution >= 4 is 11.3 Å². The molecule has 4 heteroatoms. The average Bonchev–Trinajstić information content (AvgIpc) is 2.92. The first kappa shape index (κ1) is 14.9. The molecule has 2 rings (SSSR count). The normalized spacial score (nSPS) is 20.0. The molecule has 0 amide bonds. The van der Waals surface area contributed by atoms with E-state index in [2.05, 4.69) is 41.4 Å². The van der Waals surface area contributed by atoms with E-state index in [1.165, 1.54) is 43.9 Å². The van der Waals surface area contributed by atoms with Crippen LogP contribution in [0.3, 0.4) is 0 Å². The van der Waals surface area contributed by atoms with Crippen LogP contribution < -0.4 is 5.32 Å². The third kappa shape index (κ3) is 3.77. The molecule has 3 nitrogen and oxygen atoms in total. The van der Waals surface area contributed by atoms with Crippen molar-refractivity contribution < 1.29 is 0 Å². The van der Waals surface area contributed by atoms with Gasteiger partial charge in [-0.2, -0.15) is 0 Å². The van der Waals surface area contributed by atoms with Gasteiger partial charge in [0.05, 0.1) is 5.54 Å². The highest BCUT2D eigenvalue weighted by atomic mass is 32.1. The van der Waals surface area contributed by atoms with Crippen LogP contribution >= 0.6 is 11.3 Å². The van der Waals surface area contributed by atoms with Gasteiger partial charge in [0.1, 0.15) is 5.01 Å². The van der Waals surface area contributed by atoms with Gasteiger partial charge in [0.15, 0.2) is 0 Å². The maximum atomic E-state index is 4.59. The van der Waals surface area contributed by atoms with Gasteiger partial charge >= 0.3 is 0 Å². The molecule has 0 unspecified atom stereocenters. The number of likely N-dealkylation sites (tertiary alicyclic amines) is 1. The number of nitrogens with one attached hydrogen (secondary N) is 1. The minimum Gasteiger partial charge on any atom is -0.305 e. The van der Waals surface area contributed by atoms with Crippen molar-refractivity contribution in [3.05, 3.63) is 16.6 Å². The van der Waals surface area contributed by atoms with Crippen molar-refractivity contribution in [3.63, 3.8) is 0 Å². The second kappa shape index (κ2) is 6.82. The molecule has 19 heavy (non-hydrogen) atoms. The molecule has 0 atom stereocenters. The largest absolute Gasteiger partial charge is 0.305 e. The van der Waals surface area contributed by atoms with Gasteiger partial charge in [-0.05, 0) is 31.7 Å². The van der Waals surface area contributed by atoms with E-state index in [0.29, 0.717) is 0 Å². The number of thiazole rings is 1. The van der Waals surface area contributed by atoms with Gasteiger partial charge < -0.3 is 10.2 Å². The monoisotopic (exact) mass is 281 g/mol.